The summed E-state index contributed by atoms with van der Waals surface area (Å²) in [7, 11) is -13.8. The Morgan fingerprint density at radius 2 is 1.35 bits per heavy atom. The lowest BCUT2D eigenvalue weighted by atomic mass is 9.82. The first kappa shape index (κ1) is 20.4. The molecule has 0 saturated heterocycles. The van der Waals surface area contributed by atoms with Gasteiger partial charge in [-0.15, -0.1) is 0 Å². The molecule has 0 aromatic carbocycles. The molecule has 0 amide bonds. The van der Waals surface area contributed by atoms with Crippen LogP contribution in [-0.4, -0.2) is 48.3 Å². The average molecular weight is 393 g/mol. The second kappa shape index (κ2) is 5.74. The summed E-state index contributed by atoms with van der Waals surface area (Å²) in [4.78, 5) is 0. The lowest BCUT2D eigenvalue weighted by Crippen LogP contribution is -2.61. The van der Waals surface area contributed by atoms with E-state index in [1.165, 1.54) is 0 Å². The molecule has 6 nitrogen and oxygen atoms in total. The van der Waals surface area contributed by atoms with E-state index in [1.54, 1.807) is 0 Å². The van der Waals surface area contributed by atoms with Crippen molar-refractivity contribution in [3.8, 4) is 0 Å². The van der Waals surface area contributed by atoms with E-state index in [0.29, 0.717) is 0 Å². The Kier molecular flexibility index (Phi) is 5.10. The number of hydrogen-bond acceptors (Lipinski definition) is 5. The van der Waals surface area contributed by atoms with Gasteiger partial charge in [-0.05, 0) is 19.8 Å². The molecule has 1 aliphatic carbocycles. The molecule has 0 aliphatic heterocycles. The molecule has 23 heavy (non-hydrogen) atoms. The minimum absolute atomic E-state index is 0.0436. The summed E-state index contributed by atoms with van der Waals surface area (Å²) in [6.45, 7) is 0.793. The van der Waals surface area contributed by atoms with Gasteiger partial charge >= 0.3 is 31.1 Å². The molecule has 138 valence electrons. The van der Waals surface area contributed by atoms with Crippen LogP contribution in [0.25, 0.3) is 0 Å². The van der Waals surface area contributed by atoms with Gasteiger partial charge in [-0.1, -0.05) is 16.6 Å². The molecule has 0 aromatic heterocycles. The van der Waals surface area contributed by atoms with Crippen LogP contribution >= 0.6 is 0 Å². The molecular formula is C9H13F6NO5S2. The number of sulfonamides is 2. The van der Waals surface area contributed by atoms with Gasteiger partial charge in [0, 0.05) is 0 Å². The van der Waals surface area contributed by atoms with Crippen molar-refractivity contribution in [2.45, 2.75) is 55.3 Å². The lowest BCUT2D eigenvalue weighted by Gasteiger charge is -2.42. The Morgan fingerprint density at radius 3 is 1.65 bits per heavy atom. The molecule has 2 atom stereocenters. The van der Waals surface area contributed by atoms with E-state index < -0.39 is 52.8 Å². The zero-order chi connectivity index (χ0) is 18.5. The van der Waals surface area contributed by atoms with Crippen molar-refractivity contribution in [1.29, 1.82) is 0 Å². The minimum atomic E-state index is -6.88. The van der Waals surface area contributed by atoms with Gasteiger partial charge in [0.2, 0.25) is 0 Å². The molecule has 0 bridgehead atoms. The third-order valence-electron chi connectivity index (χ3n) is 3.44. The van der Waals surface area contributed by atoms with E-state index in [9.17, 15) is 48.3 Å². The number of nitrogens with zero attached hydrogens (tertiary/aromatic N) is 1. The van der Waals surface area contributed by atoms with E-state index in [2.05, 4.69) is 0 Å². The van der Waals surface area contributed by atoms with Crippen LogP contribution in [-0.2, 0) is 20.0 Å². The molecule has 0 aromatic rings. The fourth-order valence-corrected chi connectivity index (χ4v) is 5.58. The van der Waals surface area contributed by atoms with Gasteiger partial charge in [0.15, 0.2) is 0 Å². The Labute approximate surface area is 128 Å². The second-order valence-electron chi connectivity index (χ2n) is 5.25. The minimum Gasteiger partial charge on any atom is -0.388 e. The number of hydrogen-bond donors (Lipinski definition) is 1. The molecule has 1 rings (SSSR count). The zero-order valence-corrected chi connectivity index (χ0v) is 13.2. The van der Waals surface area contributed by atoms with Crippen LogP contribution in [0.3, 0.4) is 0 Å². The molecule has 1 saturated carbocycles. The normalized spacial score (nSPS) is 28.1. The van der Waals surface area contributed by atoms with Crippen LogP contribution in [0.5, 0.6) is 0 Å². The van der Waals surface area contributed by atoms with E-state index in [4.69, 9.17) is 0 Å². The lowest BCUT2D eigenvalue weighted by molar-refractivity contribution is -0.0662. The van der Waals surface area contributed by atoms with Crippen molar-refractivity contribution in [2.24, 2.45) is 0 Å². The molecule has 14 heteroatoms. The Morgan fingerprint density at radius 1 is 0.957 bits per heavy atom. The number of alkyl halides is 6. The maximum atomic E-state index is 12.7. The van der Waals surface area contributed by atoms with Crippen LogP contribution in [0.2, 0.25) is 0 Å². The van der Waals surface area contributed by atoms with Crippen molar-refractivity contribution >= 4 is 20.0 Å². The smallest absolute Gasteiger partial charge is 0.388 e. The second-order valence-corrected chi connectivity index (χ2v) is 9.09. The standard InChI is InChI=1S/C9H13F6NO5S2/c1-7(17)5-3-2-4-6(7)16(22(18,19)8(10,11)12)23(20,21)9(13,14)15/h6,17H,2-5H2,1H3. The van der Waals surface area contributed by atoms with Crippen LogP contribution in [0.15, 0.2) is 0 Å². The van der Waals surface area contributed by atoms with Crippen LogP contribution in [0.1, 0.15) is 32.6 Å². The molecule has 0 spiro atoms. The van der Waals surface area contributed by atoms with E-state index in [-0.39, 0.29) is 19.3 Å². The Hall–Kier alpha value is -0.600. The molecule has 1 aliphatic rings. The molecule has 0 radical (unpaired) electrons. The predicted octanol–water partition coefficient (Wildman–Crippen LogP) is 1.68. The van der Waals surface area contributed by atoms with Gasteiger partial charge in [-0.3, -0.25) is 0 Å². The average Bonchev–Trinajstić information content (AvgIpc) is 2.28. The van der Waals surface area contributed by atoms with Gasteiger partial charge < -0.3 is 5.11 Å². The van der Waals surface area contributed by atoms with Gasteiger partial charge in [-0.2, -0.15) is 26.3 Å². The van der Waals surface area contributed by atoms with E-state index in [0.717, 1.165) is 6.92 Å². The summed E-state index contributed by atoms with van der Waals surface area (Å²) < 4.78 is 120. The van der Waals surface area contributed by atoms with Crippen molar-refractivity contribution in [1.82, 2.24) is 3.71 Å². The first-order chi connectivity index (χ1) is 9.96. The van der Waals surface area contributed by atoms with E-state index in [1.807, 2.05) is 0 Å². The molecule has 0 heterocycles. The van der Waals surface area contributed by atoms with Crippen LogP contribution in [0, 0.1) is 0 Å². The fourth-order valence-electron chi connectivity index (χ4n) is 2.30. The predicted molar refractivity (Wildman–Crippen MR) is 64.7 cm³/mol. The highest BCUT2D eigenvalue weighted by molar-refractivity contribution is 8.04. The summed E-state index contributed by atoms with van der Waals surface area (Å²) >= 11 is 0. The molecule has 1 N–H and O–H groups in total. The number of halogens is 6. The number of rotatable bonds is 3. The topological polar surface area (TPSA) is 91.8 Å². The number of aliphatic hydroxyl groups is 1. The van der Waals surface area contributed by atoms with Crippen LogP contribution < -0.4 is 0 Å². The van der Waals surface area contributed by atoms with Gasteiger partial charge in [0.25, 0.3) is 0 Å². The highest BCUT2D eigenvalue weighted by Crippen LogP contribution is 2.42. The maximum Gasteiger partial charge on any atom is 0.512 e. The van der Waals surface area contributed by atoms with Crippen molar-refractivity contribution in [3.63, 3.8) is 0 Å². The molecular weight excluding hydrogens is 380 g/mol. The summed E-state index contributed by atoms with van der Waals surface area (Å²) in [6.07, 6.45) is -0.875. The highest BCUT2D eigenvalue weighted by Gasteiger charge is 2.65. The summed E-state index contributed by atoms with van der Waals surface area (Å²) in [5.74, 6) is 0. The van der Waals surface area contributed by atoms with Crippen molar-refractivity contribution in [2.75, 3.05) is 0 Å². The monoisotopic (exact) mass is 393 g/mol. The maximum absolute atomic E-state index is 12.7. The Balaban J connectivity index is 3.65. The van der Waals surface area contributed by atoms with Crippen molar-refractivity contribution in [3.05, 3.63) is 0 Å². The first-order valence-electron chi connectivity index (χ1n) is 6.11. The molecule has 1 fully saturated rings. The zero-order valence-electron chi connectivity index (χ0n) is 11.5. The summed E-state index contributed by atoms with van der Waals surface area (Å²) in [5.41, 5.74) is -14.9. The quantitative estimate of drug-likeness (QED) is 0.737. The first-order valence-corrected chi connectivity index (χ1v) is 8.99. The van der Waals surface area contributed by atoms with Crippen LogP contribution in [0.4, 0.5) is 26.3 Å². The molecule has 2 unspecified atom stereocenters. The van der Waals surface area contributed by atoms with Gasteiger partial charge in [0.05, 0.1) is 11.6 Å². The van der Waals surface area contributed by atoms with E-state index >= 15 is 0 Å². The summed E-state index contributed by atoms with van der Waals surface area (Å²) in [5, 5.41) is 9.96. The fraction of sp³-hybridized carbons (Fsp3) is 1.00. The third kappa shape index (κ3) is 3.58. The third-order valence-corrected chi connectivity index (χ3v) is 7.25. The summed E-state index contributed by atoms with van der Waals surface area (Å²) in [6, 6.07) is -2.41. The SMILES string of the molecule is CC1(O)CCCCC1N(S(=O)(=O)C(F)(F)F)S(=O)(=O)C(F)(F)F. The Bertz CT molecular complexity index is 607. The van der Waals surface area contributed by atoms with Gasteiger partial charge in [-0.25, -0.2) is 16.8 Å². The highest BCUT2D eigenvalue weighted by atomic mass is 32.3. The largest absolute Gasteiger partial charge is 0.512 e. The van der Waals surface area contributed by atoms with Gasteiger partial charge in [0.1, 0.15) is 0 Å². The van der Waals surface area contributed by atoms with Crippen molar-refractivity contribution < 1.29 is 48.3 Å².